The van der Waals surface area contributed by atoms with Crippen molar-refractivity contribution in [2.75, 3.05) is 5.73 Å². The molecule has 2 heteroatoms. The molecule has 0 heterocycles. The van der Waals surface area contributed by atoms with E-state index in [1.54, 1.807) is 6.07 Å². The molecule has 0 radical (unpaired) electrons. The van der Waals surface area contributed by atoms with Gasteiger partial charge in [0.15, 0.2) is 0 Å². The van der Waals surface area contributed by atoms with Crippen LogP contribution in [0.2, 0.25) is 0 Å². The van der Waals surface area contributed by atoms with Crippen LogP contribution in [-0.4, -0.2) is 0 Å². The van der Waals surface area contributed by atoms with E-state index in [-0.39, 0.29) is 0 Å². The molecule has 0 fully saturated rings. The second-order valence-corrected chi connectivity index (χ2v) is 3.15. The molecule has 2 N–H and O–H groups in total. The van der Waals surface area contributed by atoms with Crippen molar-refractivity contribution in [2.45, 2.75) is 19.8 Å². The van der Waals surface area contributed by atoms with E-state index >= 15 is 0 Å². The Kier molecular flexibility index (Phi) is 2.35. The summed E-state index contributed by atoms with van der Waals surface area (Å²) < 4.78 is 0. The van der Waals surface area contributed by atoms with Crippen LogP contribution in [-0.2, 0) is 0 Å². The molecule has 1 rings (SSSR count). The molecule has 0 atom stereocenters. The maximum Gasteiger partial charge on any atom is 0.0992 e. The standard InChI is InChI=1S/C10H12N2/c1-7(2)9-3-8(6-11)4-10(12)5-9/h3-5,7H,12H2,1-2H3. The van der Waals surface area contributed by atoms with Crippen LogP contribution in [0.5, 0.6) is 0 Å². The second-order valence-electron chi connectivity index (χ2n) is 3.15. The number of hydrogen-bond acceptors (Lipinski definition) is 2. The van der Waals surface area contributed by atoms with Gasteiger partial charge in [-0.25, -0.2) is 0 Å². The maximum atomic E-state index is 8.66. The minimum absolute atomic E-state index is 0.417. The molecule has 0 aliphatic carbocycles. The van der Waals surface area contributed by atoms with Crippen molar-refractivity contribution in [1.29, 1.82) is 5.26 Å². The highest BCUT2D eigenvalue weighted by Crippen LogP contribution is 2.18. The van der Waals surface area contributed by atoms with E-state index in [0.717, 1.165) is 5.56 Å². The molecule has 0 saturated carbocycles. The van der Waals surface area contributed by atoms with Crippen molar-refractivity contribution < 1.29 is 0 Å². The lowest BCUT2D eigenvalue weighted by Crippen LogP contribution is -1.92. The van der Waals surface area contributed by atoms with Crippen molar-refractivity contribution in [3.8, 4) is 6.07 Å². The molecule has 0 amide bonds. The Morgan fingerprint density at radius 3 is 2.50 bits per heavy atom. The number of rotatable bonds is 1. The van der Waals surface area contributed by atoms with Gasteiger partial charge in [0.05, 0.1) is 11.6 Å². The Balaban J connectivity index is 3.17. The SMILES string of the molecule is CC(C)c1cc(N)cc(C#N)c1. The van der Waals surface area contributed by atoms with Crippen molar-refractivity contribution in [2.24, 2.45) is 0 Å². The first-order valence-corrected chi connectivity index (χ1v) is 3.94. The molecule has 2 nitrogen and oxygen atoms in total. The van der Waals surface area contributed by atoms with E-state index in [4.69, 9.17) is 11.0 Å². The van der Waals surface area contributed by atoms with Gasteiger partial charge in [-0.3, -0.25) is 0 Å². The second kappa shape index (κ2) is 3.27. The number of nitrogen functional groups attached to an aromatic ring is 1. The molecule has 0 spiro atoms. The first-order valence-electron chi connectivity index (χ1n) is 3.94. The van der Waals surface area contributed by atoms with Crippen molar-refractivity contribution >= 4 is 5.69 Å². The Labute approximate surface area is 72.6 Å². The summed E-state index contributed by atoms with van der Waals surface area (Å²) in [6.07, 6.45) is 0. The normalized spacial score (nSPS) is 9.83. The molecule has 0 aromatic heterocycles. The Hall–Kier alpha value is -1.49. The number of anilines is 1. The van der Waals surface area contributed by atoms with Gasteiger partial charge < -0.3 is 5.73 Å². The van der Waals surface area contributed by atoms with Gasteiger partial charge in [0.2, 0.25) is 0 Å². The zero-order valence-corrected chi connectivity index (χ0v) is 7.33. The molecular weight excluding hydrogens is 148 g/mol. The van der Waals surface area contributed by atoms with Gasteiger partial charge in [0.25, 0.3) is 0 Å². The number of nitrogens with zero attached hydrogens (tertiary/aromatic N) is 1. The van der Waals surface area contributed by atoms with Gasteiger partial charge in [-0.1, -0.05) is 13.8 Å². The van der Waals surface area contributed by atoms with Crippen LogP contribution in [0.1, 0.15) is 30.9 Å². The van der Waals surface area contributed by atoms with Crippen LogP contribution in [0.25, 0.3) is 0 Å². The maximum absolute atomic E-state index is 8.66. The Bertz CT molecular complexity index is 321. The Morgan fingerprint density at radius 2 is 2.00 bits per heavy atom. The summed E-state index contributed by atoms with van der Waals surface area (Å²) in [5.41, 5.74) is 8.04. The highest BCUT2D eigenvalue weighted by atomic mass is 14.5. The van der Waals surface area contributed by atoms with Crippen LogP contribution >= 0.6 is 0 Å². The van der Waals surface area contributed by atoms with Crippen LogP contribution in [0, 0.1) is 11.3 Å². The molecular formula is C10H12N2. The largest absolute Gasteiger partial charge is 0.399 e. The summed E-state index contributed by atoms with van der Waals surface area (Å²) in [5.74, 6) is 0.417. The number of hydrogen-bond donors (Lipinski definition) is 1. The van der Waals surface area contributed by atoms with E-state index in [0.29, 0.717) is 17.2 Å². The lowest BCUT2D eigenvalue weighted by Gasteiger charge is -2.06. The third-order valence-corrected chi connectivity index (χ3v) is 1.77. The molecule has 0 unspecified atom stereocenters. The van der Waals surface area contributed by atoms with Gasteiger partial charge in [0, 0.05) is 5.69 Å². The lowest BCUT2D eigenvalue weighted by molar-refractivity contribution is 0.866. The quantitative estimate of drug-likeness (QED) is 0.640. The fourth-order valence-corrected chi connectivity index (χ4v) is 1.07. The van der Waals surface area contributed by atoms with Crippen LogP contribution in [0.4, 0.5) is 5.69 Å². The van der Waals surface area contributed by atoms with Crippen LogP contribution < -0.4 is 5.73 Å². The van der Waals surface area contributed by atoms with Crippen molar-refractivity contribution in [1.82, 2.24) is 0 Å². The molecule has 12 heavy (non-hydrogen) atoms. The number of nitriles is 1. The molecule has 1 aromatic rings. The highest BCUT2D eigenvalue weighted by molar-refractivity contribution is 5.49. The lowest BCUT2D eigenvalue weighted by atomic mass is 10.0. The monoisotopic (exact) mass is 160 g/mol. The third-order valence-electron chi connectivity index (χ3n) is 1.77. The van der Waals surface area contributed by atoms with Crippen LogP contribution in [0.3, 0.4) is 0 Å². The predicted octanol–water partition coefficient (Wildman–Crippen LogP) is 2.26. The topological polar surface area (TPSA) is 49.8 Å². The number of benzene rings is 1. The van der Waals surface area contributed by atoms with E-state index in [1.165, 1.54) is 0 Å². The van der Waals surface area contributed by atoms with Crippen molar-refractivity contribution in [3.05, 3.63) is 29.3 Å². The van der Waals surface area contributed by atoms with Gasteiger partial charge >= 0.3 is 0 Å². The molecule has 0 aliphatic heterocycles. The van der Waals surface area contributed by atoms with Gasteiger partial charge in [-0.2, -0.15) is 5.26 Å². The number of nitrogens with two attached hydrogens (primary N) is 1. The van der Waals surface area contributed by atoms with Gasteiger partial charge in [-0.15, -0.1) is 0 Å². The zero-order chi connectivity index (χ0) is 9.14. The summed E-state index contributed by atoms with van der Waals surface area (Å²) in [6.45, 7) is 4.16. The summed E-state index contributed by atoms with van der Waals surface area (Å²) in [5, 5.41) is 8.66. The minimum Gasteiger partial charge on any atom is -0.399 e. The average molecular weight is 160 g/mol. The fraction of sp³-hybridized carbons (Fsp3) is 0.300. The van der Waals surface area contributed by atoms with Gasteiger partial charge in [0.1, 0.15) is 0 Å². The minimum atomic E-state index is 0.417. The van der Waals surface area contributed by atoms with E-state index in [2.05, 4.69) is 19.9 Å². The summed E-state index contributed by atoms with van der Waals surface area (Å²) in [4.78, 5) is 0. The van der Waals surface area contributed by atoms with Crippen LogP contribution in [0.15, 0.2) is 18.2 Å². The molecule has 0 bridgehead atoms. The summed E-state index contributed by atoms with van der Waals surface area (Å²) in [6, 6.07) is 7.55. The fourth-order valence-electron chi connectivity index (χ4n) is 1.07. The summed E-state index contributed by atoms with van der Waals surface area (Å²) in [7, 11) is 0. The zero-order valence-electron chi connectivity index (χ0n) is 7.33. The highest BCUT2D eigenvalue weighted by Gasteiger charge is 2.01. The molecule has 1 aromatic carbocycles. The molecule has 62 valence electrons. The van der Waals surface area contributed by atoms with E-state index in [1.807, 2.05) is 12.1 Å². The smallest absolute Gasteiger partial charge is 0.0992 e. The third kappa shape index (κ3) is 1.76. The van der Waals surface area contributed by atoms with Gasteiger partial charge in [-0.05, 0) is 29.7 Å². The molecule has 0 aliphatic rings. The van der Waals surface area contributed by atoms with Crippen molar-refractivity contribution in [3.63, 3.8) is 0 Å². The first kappa shape index (κ1) is 8.61. The Morgan fingerprint density at radius 1 is 1.33 bits per heavy atom. The first-order chi connectivity index (χ1) is 5.63. The molecule has 0 saturated heterocycles. The average Bonchev–Trinajstić information content (AvgIpc) is 2.03. The predicted molar refractivity (Wildman–Crippen MR) is 49.7 cm³/mol. The summed E-state index contributed by atoms with van der Waals surface area (Å²) >= 11 is 0. The van der Waals surface area contributed by atoms with E-state index < -0.39 is 0 Å². The van der Waals surface area contributed by atoms with E-state index in [9.17, 15) is 0 Å².